The number of unbranched alkanes of at least 4 members (excludes halogenated alkanes) is 1. The first-order valence-electron chi connectivity index (χ1n) is 6.42. The number of hydrogen-bond acceptors (Lipinski definition) is 3. The van der Waals surface area contributed by atoms with Crippen molar-refractivity contribution in [1.82, 2.24) is 0 Å². The number of carbonyl (C=O) groups is 1. The van der Waals surface area contributed by atoms with Crippen LogP contribution in [0.2, 0.25) is 0 Å². The molecule has 0 aliphatic carbocycles. The molecule has 0 unspecified atom stereocenters. The monoisotopic (exact) mass is 287 g/mol. The molecule has 0 saturated carbocycles. The molecule has 0 aromatic heterocycles. The van der Waals surface area contributed by atoms with Crippen LogP contribution in [0, 0.1) is 11.3 Å². The van der Waals surface area contributed by atoms with Crippen LogP contribution >= 0.6 is 11.8 Å². The lowest BCUT2D eigenvalue weighted by Crippen LogP contribution is -1.96. The van der Waals surface area contributed by atoms with Gasteiger partial charge in [-0.25, -0.2) is 4.79 Å². The number of aliphatic carboxylic acids is 1. The summed E-state index contributed by atoms with van der Waals surface area (Å²) in [5.74, 6) is -0.0849. The molecule has 0 bridgehead atoms. The predicted octanol–water partition coefficient (Wildman–Crippen LogP) is 4.13. The maximum Gasteiger partial charge on any atom is 0.346 e. The maximum absolute atomic E-state index is 10.6. The molecule has 0 atom stereocenters. The van der Waals surface area contributed by atoms with Gasteiger partial charge in [-0.05, 0) is 35.9 Å². The lowest BCUT2D eigenvalue weighted by Gasteiger charge is -2.00. The molecule has 20 heavy (non-hydrogen) atoms. The van der Waals surface area contributed by atoms with Crippen molar-refractivity contribution in [1.29, 1.82) is 5.26 Å². The summed E-state index contributed by atoms with van der Waals surface area (Å²) in [5.41, 5.74) is 0.705. The Bertz CT molecular complexity index is 539. The van der Waals surface area contributed by atoms with Crippen LogP contribution in [0.15, 0.2) is 46.9 Å². The molecule has 0 aliphatic rings. The molecule has 0 radical (unpaired) electrons. The van der Waals surface area contributed by atoms with Crippen LogP contribution in [0.3, 0.4) is 0 Å². The van der Waals surface area contributed by atoms with Crippen LogP contribution in [0.25, 0.3) is 6.08 Å². The number of hydrogen-bond donors (Lipinski definition) is 1. The largest absolute Gasteiger partial charge is 0.477 e. The van der Waals surface area contributed by atoms with E-state index in [2.05, 4.69) is 6.92 Å². The van der Waals surface area contributed by atoms with E-state index in [1.807, 2.05) is 36.0 Å². The average Bonchev–Trinajstić information content (AvgIpc) is 2.45. The molecule has 0 spiro atoms. The fourth-order valence-corrected chi connectivity index (χ4v) is 2.42. The minimum absolute atomic E-state index is 0.270. The van der Waals surface area contributed by atoms with Crippen molar-refractivity contribution >= 4 is 23.8 Å². The van der Waals surface area contributed by atoms with Crippen LogP contribution in [-0.4, -0.2) is 16.8 Å². The smallest absolute Gasteiger partial charge is 0.346 e. The molecule has 1 aromatic carbocycles. The van der Waals surface area contributed by atoms with Crippen molar-refractivity contribution in [2.75, 3.05) is 5.75 Å². The Balaban J connectivity index is 2.61. The van der Waals surface area contributed by atoms with Crippen LogP contribution in [0.4, 0.5) is 0 Å². The van der Waals surface area contributed by atoms with Gasteiger partial charge < -0.3 is 5.11 Å². The van der Waals surface area contributed by atoms with Crippen LogP contribution in [-0.2, 0) is 4.79 Å². The van der Waals surface area contributed by atoms with Crippen LogP contribution < -0.4 is 0 Å². The summed E-state index contributed by atoms with van der Waals surface area (Å²) in [5, 5.41) is 17.3. The molecule has 0 saturated heterocycles. The third-order valence-corrected chi connectivity index (χ3v) is 3.65. The second kappa shape index (κ2) is 9.00. The first-order valence-corrected chi connectivity index (χ1v) is 7.40. The van der Waals surface area contributed by atoms with Gasteiger partial charge in [0.15, 0.2) is 0 Å². The van der Waals surface area contributed by atoms with E-state index < -0.39 is 5.97 Å². The second-order valence-electron chi connectivity index (χ2n) is 4.13. The lowest BCUT2D eigenvalue weighted by atomic mass is 10.2. The number of allylic oxidation sites excluding steroid dienone is 2. The Labute approximate surface area is 123 Å². The molecule has 0 heterocycles. The summed E-state index contributed by atoms with van der Waals surface area (Å²) in [7, 11) is 0. The zero-order valence-corrected chi connectivity index (χ0v) is 12.2. The highest BCUT2D eigenvalue weighted by Gasteiger charge is 2.02. The molecular weight excluding hydrogens is 270 g/mol. The summed E-state index contributed by atoms with van der Waals surface area (Å²) < 4.78 is 0. The quantitative estimate of drug-likeness (QED) is 0.269. The van der Waals surface area contributed by atoms with E-state index in [4.69, 9.17) is 10.4 Å². The SMILES string of the molecule is CCCCSc1ccc(/C=C/C=C(\C#N)C(=O)O)cc1. The highest BCUT2D eigenvalue weighted by molar-refractivity contribution is 7.99. The summed E-state index contributed by atoms with van der Waals surface area (Å²) in [6, 6.07) is 9.68. The fraction of sp³-hybridized carbons (Fsp3) is 0.250. The standard InChI is InChI=1S/C16H17NO2S/c1-2-3-11-20-15-9-7-13(8-10-15)5-4-6-14(12-17)16(18)19/h4-10H,2-3,11H2,1H3,(H,18,19)/b5-4+,14-6+. The van der Waals surface area contributed by atoms with Crippen molar-refractivity contribution in [3.05, 3.63) is 47.6 Å². The van der Waals surface area contributed by atoms with Gasteiger partial charge in [-0.1, -0.05) is 37.6 Å². The van der Waals surface area contributed by atoms with Gasteiger partial charge in [0.25, 0.3) is 0 Å². The van der Waals surface area contributed by atoms with Crippen LogP contribution in [0.5, 0.6) is 0 Å². The highest BCUT2D eigenvalue weighted by Crippen LogP contribution is 2.20. The van der Waals surface area contributed by atoms with E-state index in [9.17, 15) is 4.79 Å². The van der Waals surface area contributed by atoms with Gasteiger partial charge in [0.05, 0.1) is 0 Å². The summed E-state index contributed by atoms with van der Waals surface area (Å²) in [6.07, 6.45) is 7.06. The molecule has 3 nitrogen and oxygen atoms in total. The fourth-order valence-electron chi connectivity index (χ4n) is 1.42. The van der Waals surface area contributed by atoms with Gasteiger partial charge in [-0.15, -0.1) is 11.8 Å². The van der Waals surface area contributed by atoms with Crippen molar-refractivity contribution in [2.24, 2.45) is 0 Å². The van der Waals surface area contributed by atoms with Crippen molar-refractivity contribution in [3.8, 4) is 6.07 Å². The lowest BCUT2D eigenvalue weighted by molar-refractivity contribution is -0.132. The number of carboxylic acid groups (broad SMARTS) is 1. The topological polar surface area (TPSA) is 61.1 Å². The van der Waals surface area contributed by atoms with Crippen molar-refractivity contribution in [2.45, 2.75) is 24.7 Å². The van der Waals surface area contributed by atoms with E-state index in [-0.39, 0.29) is 5.57 Å². The Morgan fingerprint density at radius 2 is 2.10 bits per heavy atom. The van der Waals surface area contributed by atoms with Gasteiger partial charge in [0.2, 0.25) is 0 Å². The molecule has 0 aliphatic heterocycles. The van der Waals surface area contributed by atoms with E-state index in [1.165, 1.54) is 23.8 Å². The third kappa shape index (κ3) is 5.77. The highest BCUT2D eigenvalue weighted by atomic mass is 32.2. The van der Waals surface area contributed by atoms with Gasteiger partial charge in [-0.3, -0.25) is 0 Å². The van der Waals surface area contributed by atoms with Gasteiger partial charge in [0.1, 0.15) is 11.6 Å². The molecule has 4 heteroatoms. The Hall–Kier alpha value is -1.99. The minimum Gasteiger partial charge on any atom is -0.477 e. The normalized spacial score (nSPS) is 11.5. The number of rotatable bonds is 7. The molecule has 1 aromatic rings. The zero-order valence-electron chi connectivity index (χ0n) is 11.4. The average molecular weight is 287 g/mol. The van der Waals surface area contributed by atoms with Gasteiger partial charge in [-0.2, -0.15) is 5.26 Å². The number of thioether (sulfide) groups is 1. The van der Waals surface area contributed by atoms with E-state index in [0.29, 0.717) is 0 Å². The number of benzene rings is 1. The number of nitriles is 1. The van der Waals surface area contributed by atoms with Crippen LogP contribution in [0.1, 0.15) is 25.3 Å². The van der Waals surface area contributed by atoms with Crippen molar-refractivity contribution < 1.29 is 9.90 Å². The van der Waals surface area contributed by atoms with E-state index in [0.717, 1.165) is 11.3 Å². The first kappa shape index (κ1) is 16.1. The molecule has 1 N–H and O–H groups in total. The minimum atomic E-state index is -1.21. The maximum atomic E-state index is 10.6. The van der Waals surface area contributed by atoms with Gasteiger partial charge >= 0.3 is 5.97 Å². The Morgan fingerprint density at radius 1 is 1.40 bits per heavy atom. The first-order chi connectivity index (χ1) is 9.67. The summed E-state index contributed by atoms with van der Waals surface area (Å²) in [4.78, 5) is 11.8. The summed E-state index contributed by atoms with van der Waals surface area (Å²) in [6.45, 7) is 2.18. The summed E-state index contributed by atoms with van der Waals surface area (Å²) >= 11 is 1.83. The van der Waals surface area contributed by atoms with Gasteiger partial charge in [0, 0.05) is 4.90 Å². The Kier molecular flexibility index (Phi) is 7.23. The third-order valence-electron chi connectivity index (χ3n) is 2.55. The van der Waals surface area contributed by atoms with E-state index in [1.54, 1.807) is 18.2 Å². The molecule has 0 amide bonds. The van der Waals surface area contributed by atoms with E-state index >= 15 is 0 Å². The number of nitrogens with zero attached hydrogens (tertiary/aromatic N) is 1. The van der Waals surface area contributed by atoms with Crippen molar-refractivity contribution in [3.63, 3.8) is 0 Å². The molecule has 1 rings (SSSR count). The number of carboxylic acids is 1. The molecule has 104 valence electrons. The zero-order chi connectivity index (χ0) is 14.8. The molecular formula is C16H17NO2S. The second-order valence-corrected chi connectivity index (χ2v) is 5.30. The Morgan fingerprint density at radius 3 is 2.65 bits per heavy atom. The molecule has 0 fully saturated rings. The predicted molar refractivity (Wildman–Crippen MR) is 82.4 cm³/mol.